The van der Waals surface area contributed by atoms with Crippen LogP contribution in [0.1, 0.15) is 32.8 Å². The van der Waals surface area contributed by atoms with E-state index >= 15 is 0 Å². The number of halogens is 6. The highest BCUT2D eigenvalue weighted by molar-refractivity contribution is 5.68. The van der Waals surface area contributed by atoms with Crippen molar-refractivity contribution in [3.63, 3.8) is 0 Å². The lowest BCUT2D eigenvalue weighted by molar-refractivity contribution is -0.357. The molecule has 0 radical (unpaired) electrons. The molecule has 0 amide bonds. The van der Waals surface area contributed by atoms with Crippen LogP contribution in [0.4, 0.5) is 26.3 Å². The number of hydrogen-bond acceptors (Lipinski definition) is 2. The van der Waals surface area contributed by atoms with Crippen LogP contribution in [-0.4, -0.2) is 29.0 Å². The molecule has 0 atom stereocenters. The van der Waals surface area contributed by atoms with E-state index in [0.717, 1.165) is 12.1 Å². The topological polar surface area (TPSA) is 46.5 Å². The van der Waals surface area contributed by atoms with Crippen LogP contribution in [0.3, 0.4) is 0 Å². The van der Waals surface area contributed by atoms with Gasteiger partial charge in [0.1, 0.15) is 12.2 Å². The molecule has 0 heterocycles. The van der Waals surface area contributed by atoms with Gasteiger partial charge in [0.05, 0.1) is 0 Å². The van der Waals surface area contributed by atoms with Crippen LogP contribution in [0.15, 0.2) is 24.3 Å². The molecule has 1 aromatic carbocycles. The van der Waals surface area contributed by atoms with Crippen LogP contribution in [0.2, 0.25) is 0 Å². The number of carbonyl (C=O) groups is 1. The van der Waals surface area contributed by atoms with Gasteiger partial charge in [-0.05, 0) is 23.1 Å². The van der Waals surface area contributed by atoms with Crippen LogP contribution in [0.25, 0.3) is 0 Å². The molecule has 0 aliphatic carbocycles. The minimum atomic E-state index is -5.97. The lowest BCUT2D eigenvalue weighted by atomic mass is 9.87. The van der Waals surface area contributed by atoms with Gasteiger partial charge in [-0.2, -0.15) is 26.3 Å². The zero-order chi connectivity index (χ0) is 19.0. The predicted octanol–water partition coefficient (Wildman–Crippen LogP) is 4.70. The maximum Gasteiger partial charge on any atom is 0.438 e. The van der Waals surface area contributed by atoms with E-state index in [-0.39, 0.29) is 5.41 Å². The van der Waals surface area contributed by atoms with Gasteiger partial charge in [0.2, 0.25) is 0 Å². The first-order valence-corrected chi connectivity index (χ1v) is 6.75. The molecule has 3 nitrogen and oxygen atoms in total. The second kappa shape index (κ2) is 6.18. The maximum absolute atomic E-state index is 13.1. The fourth-order valence-corrected chi connectivity index (χ4v) is 1.95. The van der Waals surface area contributed by atoms with Gasteiger partial charge in [-0.1, -0.05) is 32.9 Å². The van der Waals surface area contributed by atoms with Crippen molar-refractivity contribution in [1.29, 1.82) is 0 Å². The molecule has 0 fully saturated rings. The molecule has 0 aliphatic heterocycles. The Morgan fingerprint density at radius 2 is 1.38 bits per heavy atom. The molecule has 24 heavy (non-hydrogen) atoms. The smallest absolute Gasteiger partial charge is 0.438 e. The molecule has 0 bridgehead atoms. The second-order valence-corrected chi connectivity index (χ2v) is 6.27. The summed E-state index contributed by atoms with van der Waals surface area (Å²) in [6, 6.07) is 4.56. The van der Waals surface area contributed by atoms with Crippen LogP contribution < -0.4 is 4.74 Å². The van der Waals surface area contributed by atoms with E-state index in [9.17, 15) is 31.1 Å². The van der Waals surface area contributed by atoms with Gasteiger partial charge < -0.3 is 9.84 Å². The third kappa shape index (κ3) is 4.12. The highest BCUT2D eigenvalue weighted by atomic mass is 19.4. The van der Waals surface area contributed by atoms with Gasteiger partial charge in [-0.15, -0.1) is 0 Å². The highest BCUT2D eigenvalue weighted by Gasteiger charge is 2.74. The van der Waals surface area contributed by atoms with Crippen LogP contribution >= 0.6 is 0 Å². The largest absolute Gasteiger partial charge is 0.481 e. The van der Waals surface area contributed by atoms with E-state index < -0.39 is 36.1 Å². The summed E-state index contributed by atoms with van der Waals surface area (Å²) in [7, 11) is 0. The van der Waals surface area contributed by atoms with Gasteiger partial charge in [0.15, 0.2) is 0 Å². The average molecular weight is 358 g/mol. The number of alkyl halides is 6. The monoisotopic (exact) mass is 358 g/mol. The number of ether oxygens (including phenoxy) is 1. The van der Waals surface area contributed by atoms with Gasteiger partial charge in [-0.3, -0.25) is 4.79 Å². The first kappa shape index (κ1) is 20.1. The Hall–Kier alpha value is -1.93. The van der Waals surface area contributed by atoms with Gasteiger partial charge in [-0.25, -0.2) is 0 Å². The summed E-state index contributed by atoms with van der Waals surface area (Å²) in [5.74, 6) is -3.00. The normalized spacial score (nSPS) is 13.7. The van der Waals surface area contributed by atoms with Gasteiger partial charge in [0, 0.05) is 0 Å². The first-order chi connectivity index (χ1) is 10.6. The zero-order valence-corrected chi connectivity index (χ0v) is 13.0. The number of carboxylic acids is 1. The van der Waals surface area contributed by atoms with E-state index in [1.54, 1.807) is 0 Å². The molecule has 0 aromatic heterocycles. The molecule has 0 spiro atoms. The predicted molar refractivity (Wildman–Crippen MR) is 72.9 cm³/mol. The Morgan fingerprint density at radius 1 is 0.958 bits per heavy atom. The molecule has 9 heteroatoms. The van der Waals surface area contributed by atoms with Crippen LogP contribution in [0, 0.1) is 0 Å². The van der Waals surface area contributed by atoms with E-state index in [4.69, 9.17) is 5.11 Å². The molecular formula is C15H16F6O3. The van der Waals surface area contributed by atoms with Crippen LogP contribution in [-0.2, 0) is 10.2 Å². The number of carboxylic acid groups (broad SMARTS) is 1. The van der Waals surface area contributed by atoms with Crippen LogP contribution in [0.5, 0.6) is 5.75 Å². The molecule has 136 valence electrons. The fourth-order valence-electron chi connectivity index (χ4n) is 1.95. The molecule has 1 aromatic rings. The number of aliphatic carboxylic acids is 1. The summed E-state index contributed by atoms with van der Waals surface area (Å²) in [6.45, 7) is 5.43. The average Bonchev–Trinajstić information content (AvgIpc) is 2.34. The zero-order valence-electron chi connectivity index (χ0n) is 13.0. The molecule has 0 unspecified atom stereocenters. The van der Waals surface area contributed by atoms with E-state index in [2.05, 4.69) is 4.74 Å². The van der Waals surface area contributed by atoms with Gasteiger partial charge in [0.25, 0.3) is 0 Å². The minimum absolute atomic E-state index is 0.370. The van der Waals surface area contributed by atoms with Crippen molar-refractivity contribution in [2.45, 2.75) is 50.6 Å². The summed E-state index contributed by atoms with van der Waals surface area (Å²) >= 11 is 0. The summed E-state index contributed by atoms with van der Waals surface area (Å²) in [5, 5.41) is 8.52. The highest BCUT2D eigenvalue weighted by Crippen LogP contribution is 2.48. The van der Waals surface area contributed by atoms with Crippen molar-refractivity contribution in [2.75, 3.05) is 0 Å². The van der Waals surface area contributed by atoms with E-state index in [0.29, 0.717) is 5.56 Å². The van der Waals surface area contributed by atoms with Crippen molar-refractivity contribution in [2.24, 2.45) is 0 Å². The Morgan fingerprint density at radius 3 is 1.67 bits per heavy atom. The second-order valence-electron chi connectivity index (χ2n) is 6.27. The van der Waals surface area contributed by atoms with E-state index in [1.807, 2.05) is 20.8 Å². The Kier molecular flexibility index (Phi) is 5.18. The maximum atomic E-state index is 13.1. The molecule has 0 saturated carbocycles. The van der Waals surface area contributed by atoms with Crippen molar-refractivity contribution < 1.29 is 41.0 Å². The molecular weight excluding hydrogens is 342 g/mol. The number of rotatable bonds is 4. The summed E-state index contributed by atoms with van der Waals surface area (Å²) in [6.07, 6.45) is -14.2. The molecule has 1 N–H and O–H groups in total. The lowest BCUT2D eigenvalue weighted by Crippen LogP contribution is -2.62. The fraction of sp³-hybridized carbons (Fsp3) is 0.533. The lowest BCUT2D eigenvalue weighted by Gasteiger charge is -2.36. The molecule has 0 saturated heterocycles. The van der Waals surface area contributed by atoms with Crippen molar-refractivity contribution in [3.8, 4) is 5.75 Å². The minimum Gasteiger partial charge on any atom is -0.481 e. The summed E-state index contributed by atoms with van der Waals surface area (Å²) in [4.78, 5) is 10.6. The SMILES string of the molecule is CC(C)(C)c1ccc(OC(CC(=O)O)(C(F)(F)F)C(F)(F)F)cc1. The van der Waals surface area contributed by atoms with Crippen molar-refractivity contribution in [3.05, 3.63) is 29.8 Å². The summed E-state index contributed by atoms with van der Waals surface area (Å²) in [5.41, 5.74) is -4.53. The molecule has 0 aliphatic rings. The first-order valence-electron chi connectivity index (χ1n) is 6.75. The van der Waals surface area contributed by atoms with Crippen molar-refractivity contribution >= 4 is 5.97 Å². The summed E-state index contributed by atoms with van der Waals surface area (Å²) < 4.78 is 82.6. The standard InChI is InChI=1S/C15H16F6O3/c1-12(2,3)9-4-6-10(7-5-9)24-13(8-11(22)23,14(16,17)18)15(19,20)21/h4-7H,8H2,1-3H3,(H,22,23). The Bertz CT molecular complexity index is 567. The third-order valence-corrected chi connectivity index (χ3v) is 3.33. The van der Waals surface area contributed by atoms with E-state index in [1.165, 1.54) is 12.1 Å². The van der Waals surface area contributed by atoms with Gasteiger partial charge >= 0.3 is 23.9 Å². The number of hydrogen-bond donors (Lipinski definition) is 1. The number of benzene rings is 1. The Balaban J connectivity index is 3.34. The third-order valence-electron chi connectivity index (χ3n) is 3.33. The van der Waals surface area contributed by atoms with Crippen molar-refractivity contribution in [1.82, 2.24) is 0 Å². The Labute approximate surface area is 134 Å². The molecule has 1 rings (SSSR count). The quantitative estimate of drug-likeness (QED) is 0.794.